The minimum atomic E-state index is 0.0711. The molecule has 0 amide bonds. The molecule has 1 unspecified atom stereocenters. The second-order valence-electron chi connectivity index (χ2n) is 4.75. The monoisotopic (exact) mass is 255 g/mol. The first-order chi connectivity index (χ1) is 9.22. The molecule has 0 aliphatic rings. The van der Waals surface area contributed by atoms with Crippen LogP contribution in [0.3, 0.4) is 0 Å². The topological polar surface area (TPSA) is 21.3 Å². The molecule has 19 heavy (non-hydrogen) atoms. The molecule has 0 heterocycles. The van der Waals surface area contributed by atoms with Crippen molar-refractivity contribution in [3.8, 4) is 0 Å². The van der Waals surface area contributed by atoms with Crippen molar-refractivity contribution in [3.05, 3.63) is 70.8 Å². The summed E-state index contributed by atoms with van der Waals surface area (Å²) in [5.74, 6) is 0. The third kappa shape index (κ3) is 3.43. The Morgan fingerprint density at radius 3 is 2.42 bits per heavy atom. The molecule has 0 saturated heterocycles. The Morgan fingerprint density at radius 1 is 1.05 bits per heavy atom. The molecular formula is C17H21NO. The molecule has 2 rings (SSSR count). The maximum Gasteiger partial charge on any atom is 0.0824 e. The van der Waals surface area contributed by atoms with Crippen molar-refractivity contribution in [1.29, 1.82) is 0 Å². The summed E-state index contributed by atoms with van der Waals surface area (Å²) in [6.45, 7) is 6.89. The number of aryl methyl sites for hydroxylation is 2. The maximum atomic E-state index is 5.44. The molecule has 0 spiro atoms. The van der Waals surface area contributed by atoms with E-state index in [-0.39, 0.29) is 6.04 Å². The molecule has 1 atom stereocenters. The second kappa shape index (κ2) is 6.50. The van der Waals surface area contributed by atoms with Crippen molar-refractivity contribution in [1.82, 2.24) is 5.48 Å². The largest absolute Gasteiger partial charge is 0.301 e. The first-order valence-corrected chi connectivity index (χ1v) is 6.71. The fourth-order valence-corrected chi connectivity index (χ4v) is 2.27. The molecule has 2 aromatic carbocycles. The molecule has 0 aromatic heterocycles. The van der Waals surface area contributed by atoms with Crippen LogP contribution in [0.4, 0.5) is 0 Å². The van der Waals surface area contributed by atoms with Crippen molar-refractivity contribution in [2.75, 3.05) is 6.61 Å². The van der Waals surface area contributed by atoms with Crippen LogP contribution in [0.5, 0.6) is 0 Å². The summed E-state index contributed by atoms with van der Waals surface area (Å²) < 4.78 is 0. The van der Waals surface area contributed by atoms with Gasteiger partial charge in [-0.25, -0.2) is 0 Å². The predicted molar refractivity (Wildman–Crippen MR) is 79.0 cm³/mol. The van der Waals surface area contributed by atoms with E-state index in [1.807, 2.05) is 13.0 Å². The second-order valence-corrected chi connectivity index (χ2v) is 4.75. The van der Waals surface area contributed by atoms with Gasteiger partial charge in [0.2, 0.25) is 0 Å². The Morgan fingerprint density at radius 2 is 1.79 bits per heavy atom. The highest BCUT2D eigenvalue weighted by Gasteiger charge is 2.15. The summed E-state index contributed by atoms with van der Waals surface area (Å²) in [6.07, 6.45) is 0. The Balaban J connectivity index is 2.37. The van der Waals surface area contributed by atoms with E-state index < -0.39 is 0 Å². The minimum Gasteiger partial charge on any atom is -0.301 e. The zero-order valence-electron chi connectivity index (χ0n) is 11.8. The summed E-state index contributed by atoms with van der Waals surface area (Å²) in [7, 11) is 0. The van der Waals surface area contributed by atoms with E-state index in [0.29, 0.717) is 6.61 Å². The molecule has 2 nitrogen and oxygen atoms in total. The standard InChI is InChI=1S/C17H21NO/c1-4-19-18-17(15-8-6-5-7-9-15)16-11-10-13(2)12-14(16)3/h5-12,17-18H,4H2,1-3H3. The average molecular weight is 255 g/mol. The summed E-state index contributed by atoms with van der Waals surface area (Å²) >= 11 is 0. The number of benzene rings is 2. The third-order valence-corrected chi connectivity index (χ3v) is 3.21. The van der Waals surface area contributed by atoms with Crippen LogP contribution in [0.2, 0.25) is 0 Å². The van der Waals surface area contributed by atoms with Gasteiger partial charge >= 0.3 is 0 Å². The van der Waals surface area contributed by atoms with Crippen LogP contribution in [0, 0.1) is 13.8 Å². The van der Waals surface area contributed by atoms with Crippen LogP contribution < -0.4 is 5.48 Å². The lowest BCUT2D eigenvalue weighted by Crippen LogP contribution is -2.23. The fraction of sp³-hybridized carbons (Fsp3) is 0.294. The number of hydrogen-bond acceptors (Lipinski definition) is 2. The zero-order valence-corrected chi connectivity index (χ0v) is 11.8. The smallest absolute Gasteiger partial charge is 0.0824 e. The SMILES string of the molecule is CCONC(c1ccccc1)c1ccc(C)cc1C. The van der Waals surface area contributed by atoms with Crippen LogP contribution in [0.15, 0.2) is 48.5 Å². The number of rotatable bonds is 5. The number of nitrogens with one attached hydrogen (secondary N) is 1. The van der Waals surface area contributed by atoms with Gasteiger partial charge in [0.05, 0.1) is 12.6 Å². The highest BCUT2D eigenvalue weighted by Crippen LogP contribution is 2.25. The molecule has 0 aliphatic carbocycles. The molecule has 0 bridgehead atoms. The summed E-state index contributed by atoms with van der Waals surface area (Å²) in [5, 5.41) is 0. The van der Waals surface area contributed by atoms with E-state index in [2.05, 4.69) is 61.8 Å². The van der Waals surface area contributed by atoms with Crippen molar-refractivity contribution >= 4 is 0 Å². The van der Waals surface area contributed by atoms with E-state index in [1.54, 1.807) is 0 Å². The van der Waals surface area contributed by atoms with E-state index in [4.69, 9.17) is 4.84 Å². The van der Waals surface area contributed by atoms with Gasteiger partial charge in [0, 0.05) is 0 Å². The zero-order chi connectivity index (χ0) is 13.7. The molecule has 100 valence electrons. The van der Waals surface area contributed by atoms with Gasteiger partial charge in [-0.3, -0.25) is 0 Å². The van der Waals surface area contributed by atoms with Gasteiger partial charge < -0.3 is 4.84 Å². The van der Waals surface area contributed by atoms with Crippen LogP contribution in [0.25, 0.3) is 0 Å². The van der Waals surface area contributed by atoms with Gasteiger partial charge in [-0.05, 0) is 37.5 Å². The van der Waals surface area contributed by atoms with Gasteiger partial charge in [0.15, 0.2) is 0 Å². The Labute approximate surface area is 115 Å². The van der Waals surface area contributed by atoms with Gasteiger partial charge in [0.25, 0.3) is 0 Å². The maximum absolute atomic E-state index is 5.44. The molecule has 2 heteroatoms. The Hall–Kier alpha value is -1.64. The quantitative estimate of drug-likeness (QED) is 0.817. The Bertz CT molecular complexity index is 522. The summed E-state index contributed by atoms with van der Waals surface area (Å²) in [4.78, 5) is 5.44. The minimum absolute atomic E-state index is 0.0711. The predicted octanol–water partition coefficient (Wildman–Crippen LogP) is 3.93. The lowest BCUT2D eigenvalue weighted by molar-refractivity contribution is 0.0333. The average Bonchev–Trinajstić information content (AvgIpc) is 2.42. The van der Waals surface area contributed by atoms with Crippen LogP contribution in [-0.2, 0) is 4.84 Å². The van der Waals surface area contributed by atoms with Crippen LogP contribution >= 0.6 is 0 Å². The van der Waals surface area contributed by atoms with Crippen molar-refractivity contribution in [2.24, 2.45) is 0 Å². The molecule has 0 radical (unpaired) electrons. The Kier molecular flexibility index (Phi) is 4.72. The third-order valence-electron chi connectivity index (χ3n) is 3.21. The molecule has 1 N–H and O–H groups in total. The van der Waals surface area contributed by atoms with Gasteiger partial charge in [-0.15, -0.1) is 0 Å². The van der Waals surface area contributed by atoms with Crippen molar-refractivity contribution in [2.45, 2.75) is 26.8 Å². The highest BCUT2D eigenvalue weighted by molar-refractivity contribution is 5.38. The fourth-order valence-electron chi connectivity index (χ4n) is 2.27. The lowest BCUT2D eigenvalue weighted by atomic mass is 9.94. The van der Waals surface area contributed by atoms with Gasteiger partial charge in [0.1, 0.15) is 0 Å². The van der Waals surface area contributed by atoms with Crippen LogP contribution in [-0.4, -0.2) is 6.61 Å². The first kappa shape index (κ1) is 13.8. The van der Waals surface area contributed by atoms with Crippen LogP contribution in [0.1, 0.15) is 35.2 Å². The normalized spacial score (nSPS) is 12.4. The van der Waals surface area contributed by atoms with E-state index in [9.17, 15) is 0 Å². The number of hydroxylamine groups is 1. The van der Waals surface area contributed by atoms with E-state index in [1.165, 1.54) is 22.3 Å². The highest BCUT2D eigenvalue weighted by atomic mass is 16.6. The van der Waals surface area contributed by atoms with Gasteiger partial charge in [-0.2, -0.15) is 5.48 Å². The molecule has 0 aliphatic heterocycles. The van der Waals surface area contributed by atoms with E-state index >= 15 is 0 Å². The molecule has 2 aromatic rings. The van der Waals surface area contributed by atoms with Gasteiger partial charge in [-0.1, -0.05) is 54.1 Å². The molecular weight excluding hydrogens is 234 g/mol. The lowest BCUT2D eigenvalue weighted by Gasteiger charge is -2.21. The molecule has 0 saturated carbocycles. The van der Waals surface area contributed by atoms with Crippen molar-refractivity contribution < 1.29 is 4.84 Å². The summed E-state index contributed by atoms with van der Waals surface area (Å²) in [5.41, 5.74) is 8.19. The molecule has 0 fully saturated rings. The van der Waals surface area contributed by atoms with Crippen molar-refractivity contribution in [3.63, 3.8) is 0 Å². The number of hydrogen-bond donors (Lipinski definition) is 1. The summed E-state index contributed by atoms with van der Waals surface area (Å²) in [6, 6.07) is 17.0. The van der Waals surface area contributed by atoms with E-state index in [0.717, 1.165) is 0 Å². The first-order valence-electron chi connectivity index (χ1n) is 6.71.